The summed E-state index contributed by atoms with van der Waals surface area (Å²) < 4.78 is 34.1. The minimum atomic E-state index is -3.50. The van der Waals surface area contributed by atoms with E-state index in [-0.39, 0.29) is 6.04 Å². The Balaban J connectivity index is 2.03. The van der Waals surface area contributed by atoms with E-state index in [0.29, 0.717) is 18.0 Å². The van der Waals surface area contributed by atoms with Crippen molar-refractivity contribution >= 4 is 20.8 Å². The Labute approximate surface area is 150 Å². The Kier molecular flexibility index (Phi) is 5.64. The maximum atomic E-state index is 13.3. The molecule has 1 aliphatic rings. The van der Waals surface area contributed by atoms with E-state index in [0.717, 1.165) is 48.6 Å². The van der Waals surface area contributed by atoms with Crippen molar-refractivity contribution in [3.63, 3.8) is 0 Å². The van der Waals surface area contributed by atoms with Gasteiger partial charge in [0.25, 0.3) is 0 Å². The van der Waals surface area contributed by atoms with Gasteiger partial charge < -0.3 is 4.74 Å². The molecule has 2 aromatic carbocycles. The molecular weight excluding hydrogens is 334 g/mol. The lowest BCUT2D eigenvalue weighted by atomic mass is 10.1. The Morgan fingerprint density at radius 2 is 1.88 bits per heavy atom. The number of rotatable bonds is 6. The van der Waals surface area contributed by atoms with Gasteiger partial charge in [-0.3, -0.25) is 0 Å². The Hall–Kier alpha value is -1.59. The van der Waals surface area contributed by atoms with Gasteiger partial charge in [0.1, 0.15) is 5.75 Å². The fourth-order valence-electron chi connectivity index (χ4n) is 3.48. The summed E-state index contributed by atoms with van der Waals surface area (Å²) in [4.78, 5) is 0.389. The van der Waals surface area contributed by atoms with Crippen LogP contribution in [0, 0.1) is 0 Å². The van der Waals surface area contributed by atoms with Crippen molar-refractivity contribution in [2.45, 2.75) is 56.9 Å². The highest BCUT2D eigenvalue weighted by atomic mass is 32.2. The number of hydrogen-bond acceptors (Lipinski definition) is 3. The van der Waals surface area contributed by atoms with Crippen LogP contribution in [0.5, 0.6) is 5.75 Å². The first kappa shape index (κ1) is 18.2. The molecule has 136 valence electrons. The molecule has 0 N–H and O–H groups in total. The predicted octanol–water partition coefficient (Wildman–Crippen LogP) is 4.58. The molecule has 0 radical (unpaired) electrons. The van der Waals surface area contributed by atoms with Crippen LogP contribution in [-0.2, 0) is 10.0 Å². The predicted molar refractivity (Wildman–Crippen MR) is 102 cm³/mol. The fraction of sp³-hybridized carbons (Fsp3) is 0.500. The number of hydrogen-bond donors (Lipinski definition) is 0. The fourth-order valence-corrected chi connectivity index (χ4v) is 5.37. The summed E-state index contributed by atoms with van der Waals surface area (Å²) >= 11 is 0. The third-order valence-corrected chi connectivity index (χ3v) is 7.00. The Morgan fingerprint density at radius 3 is 2.60 bits per heavy atom. The van der Waals surface area contributed by atoms with Crippen molar-refractivity contribution in [1.29, 1.82) is 0 Å². The first-order chi connectivity index (χ1) is 12.1. The molecule has 5 heteroatoms. The van der Waals surface area contributed by atoms with Gasteiger partial charge in [-0.05, 0) is 38.3 Å². The molecule has 0 unspecified atom stereocenters. The summed E-state index contributed by atoms with van der Waals surface area (Å²) in [6, 6.07) is 11.2. The van der Waals surface area contributed by atoms with Crippen LogP contribution in [0.2, 0.25) is 0 Å². The second kappa shape index (κ2) is 7.75. The summed E-state index contributed by atoms with van der Waals surface area (Å²) in [6.45, 7) is 5.38. The molecule has 0 amide bonds. The van der Waals surface area contributed by atoms with Gasteiger partial charge in [0, 0.05) is 23.4 Å². The normalized spacial score (nSPS) is 19.2. The molecule has 0 saturated carbocycles. The molecule has 0 spiro atoms. The summed E-state index contributed by atoms with van der Waals surface area (Å²) in [7, 11) is -3.50. The quantitative estimate of drug-likeness (QED) is 0.708. The van der Waals surface area contributed by atoms with Gasteiger partial charge in [0.2, 0.25) is 10.0 Å². The average Bonchev–Trinajstić information content (AvgIpc) is 2.62. The van der Waals surface area contributed by atoms with Gasteiger partial charge in [0.05, 0.1) is 11.5 Å². The molecular formula is C20H27NO3S. The molecule has 25 heavy (non-hydrogen) atoms. The first-order valence-electron chi connectivity index (χ1n) is 9.22. The third kappa shape index (κ3) is 3.67. The van der Waals surface area contributed by atoms with Crippen molar-refractivity contribution in [3.05, 3.63) is 36.4 Å². The zero-order chi connectivity index (χ0) is 17.9. The third-order valence-electron chi connectivity index (χ3n) is 4.93. The lowest BCUT2D eigenvalue weighted by Crippen LogP contribution is -2.41. The van der Waals surface area contributed by atoms with Crippen LogP contribution in [0.25, 0.3) is 10.8 Å². The molecule has 0 bridgehead atoms. The van der Waals surface area contributed by atoms with E-state index < -0.39 is 10.0 Å². The number of sulfonamides is 1. The summed E-state index contributed by atoms with van der Waals surface area (Å²) in [6.07, 6.45) is 5.00. The van der Waals surface area contributed by atoms with Gasteiger partial charge in [-0.25, -0.2) is 8.42 Å². The van der Waals surface area contributed by atoms with Gasteiger partial charge in [-0.1, -0.05) is 44.0 Å². The lowest BCUT2D eigenvalue weighted by molar-refractivity contribution is 0.269. The topological polar surface area (TPSA) is 46.6 Å². The Bertz CT molecular complexity index is 832. The van der Waals surface area contributed by atoms with Crippen molar-refractivity contribution in [2.24, 2.45) is 0 Å². The summed E-state index contributed by atoms with van der Waals surface area (Å²) in [5, 5.41) is 1.61. The SMILES string of the molecule is CCCCOc1ccc(S(=O)(=O)N2CCCC[C@H]2C)c2ccccc12. The minimum Gasteiger partial charge on any atom is -0.493 e. The van der Waals surface area contributed by atoms with Crippen molar-refractivity contribution in [2.75, 3.05) is 13.2 Å². The van der Waals surface area contributed by atoms with Crippen LogP contribution < -0.4 is 4.74 Å². The number of piperidine rings is 1. The zero-order valence-corrected chi connectivity index (χ0v) is 15.9. The average molecular weight is 362 g/mol. The highest BCUT2D eigenvalue weighted by Gasteiger charge is 2.32. The first-order valence-corrected chi connectivity index (χ1v) is 10.7. The van der Waals surface area contributed by atoms with Crippen LogP contribution in [0.3, 0.4) is 0 Å². The maximum Gasteiger partial charge on any atom is 0.243 e. The molecule has 2 aromatic rings. The smallest absolute Gasteiger partial charge is 0.243 e. The molecule has 3 rings (SSSR count). The molecule has 1 heterocycles. The second-order valence-electron chi connectivity index (χ2n) is 6.77. The van der Waals surface area contributed by atoms with E-state index in [4.69, 9.17) is 4.74 Å². The van der Waals surface area contributed by atoms with E-state index in [1.54, 1.807) is 16.4 Å². The number of unbranched alkanes of at least 4 members (excludes halogenated alkanes) is 1. The minimum absolute atomic E-state index is 0.0537. The van der Waals surface area contributed by atoms with Crippen molar-refractivity contribution < 1.29 is 13.2 Å². The number of benzene rings is 2. The molecule has 0 aliphatic carbocycles. The van der Waals surface area contributed by atoms with E-state index in [1.807, 2.05) is 31.2 Å². The second-order valence-corrected chi connectivity index (χ2v) is 8.63. The van der Waals surface area contributed by atoms with Gasteiger partial charge in [-0.15, -0.1) is 0 Å². The highest BCUT2D eigenvalue weighted by Crippen LogP contribution is 2.34. The van der Waals surface area contributed by atoms with Gasteiger partial charge in [0.15, 0.2) is 0 Å². The van der Waals surface area contributed by atoms with E-state index in [1.165, 1.54) is 0 Å². The summed E-state index contributed by atoms with van der Waals surface area (Å²) in [5.74, 6) is 0.759. The molecule has 1 atom stereocenters. The molecule has 1 saturated heterocycles. The summed E-state index contributed by atoms with van der Waals surface area (Å²) in [5.41, 5.74) is 0. The molecule has 1 fully saturated rings. The van der Waals surface area contributed by atoms with Crippen LogP contribution >= 0.6 is 0 Å². The zero-order valence-electron chi connectivity index (χ0n) is 15.1. The number of ether oxygens (including phenoxy) is 1. The van der Waals surface area contributed by atoms with E-state index in [9.17, 15) is 8.42 Å². The number of nitrogens with zero attached hydrogens (tertiary/aromatic N) is 1. The van der Waals surface area contributed by atoms with Crippen LogP contribution in [-0.4, -0.2) is 31.9 Å². The monoisotopic (exact) mass is 361 g/mol. The van der Waals surface area contributed by atoms with Gasteiger partial charge >= 0.3 is 0 Å². The molecule has 4 nitrogen and oxygen atoms in total. The standard InChI is InChI=1S/C20H27NO3S/c1-3-4-15-24-19-12-13-20(18-11-6-5-10-17(18)19)25(22,23)21-14-8-7-9-16(21)2/h5-6,10-13,16H,3-4,7-9,14-15H2,1-2H3/t16-/m1/s1. The largest absolute Gasteiger partial charge is 0.493 e. The van der Waals surface area contributed by atoms with Crippen molar-refractivity contribution in [3.8, 4) is 5.75 Å². The highest BCUT2D eigenvalue weighted by molar-refractivity contribution is 7.89. The molecule has 0 aromatic heterocycles. The maximum absolute atomic E-state index is 13.3. The van der Waals surface area contributed by atoms with Crippen LogP contribution in [0.1, 0.15) is 46.0 Å². The van der Waals surface area contributed by atoms with Crippen molar-refractivity contribution in [1.82, 2.24) is 4.31 Å². The molecule has 1 aliphatic heterocycles. The van der Waals surface area contributed by atoms with Crippen LogP contribution in [0.15, 0.2) is 41.3 Å². The van der Waals surface area contributed by atoms with E-state index >= 15 is 0 Å². The lowest BCUT2D eigenvalue weighted by Gasteiger charge is -2.32. The Morgan fingerprint density at radius 1 is 1.12 bits per heavy atom. The van der Waals surface area contributed by atoms with Crippen LogP contribution in [0.4, 0.5) is 0 Å². The van der Waals surface area contributed by atoms with Gasteiger partial charge in [-0.2, -0.15) is 4.31 Å². The van der Waals surface area contributed by atoms with E-state index in [2.05, 4.69) is 6.92 Å². The number of fused-ring (bicyclic) bond motifs is 1.